The summed E-state index contributed by atoms with van der Waals surface area (Å²) in [5.74, 6) is -1.53. The van der Waals surface area contributed by atoms with Gasteiger partial charge in [-0.2, -0.15) is 24.5 Å². The molecule has 13 heteroatoms. The number of ether oxygens (including phenoxy) is 1. The van der Waals surface area contributed by atoms with E-state index >= 15 is 0 Å². The number of amides is 3. The minimum Gasteiger partial charge on any atom is -0.482 e. The van der Waals surface area contributed by atoms with E-state index in [9.17, 15) is 27.6 Å². The van der Waals surface area contributed by atoms with E-state index in [0.717, 1.165) is 11.3 Å². The van der Waals surface area contributed by atoms with Gasteiger partial charge in [-0.25, -0.2) is 0 Å². The molecule has 4 rings (SSSR count). The molecule has 1 saturated heterocycles. The summed E-state index contributed by atoms with van der Waals surface area (Å²) in [6, 6.07) is 4.58. The standard InChI is InChI=1S/C24H24F3N3O5S2/c1-13-8-18-16(9-17(13)29-22(33)14-4-7-36-11-14)20(35-12-24(25,26)27)21(37-18)23(34)28-15-2-5-30(6-3-15)19(32)10-31/h4,7-9,11,15,31H,2-3,5-6,10,12H2,1H3,(H,28,34)(H,29,33). The van der Waals surface area contributed by atoms with E-state index in [1.807, 2.05) is 0 Å². The van der Waals surface area contributed by atoms with E-state index in [2.05, 4.69) is 10.6 Å². The summed E-state index contributed by atoms with van der Waals surface area (Å²) < 4.78 is 44.8. The SMILES string of the molecule is Cc1cc2sc(C(=O)NC3CCN(C(=O)CO)CC3)c(OCC(F)(F)F)c2cc1NC(=O)c1ccsc1. The normalized spacial score (nSPS) is 14.6. The number of hydrogen-bond acceptors (Lipinski definition) is 7. The molecule has 0 spiro atoms. The van der Waals surface area contributed by atoms with Crippen molar-refractivity contribution in [3.05, 3.63) is 45.0 Å². The fourth-order valence-electron chi connectivity index (χ4n) is 4.02. The number of piperidine rings is 1. The topological polar surface area (TPSA) is 108 Å². The van der Waals surface area contributed by atoms with Crippen LogP contribution >= 0.6 is 22.7 Å². The molecule has 3 aromatic rings. The van der Waals surface area contributed by atoms with Gasteiger partial charge in [0.15, 0.2) is 12.4 Å². The molecule has 3 amide bonds. The van der Waals surface area contributed by atoms with Crippen molar-refractivity contribution in [3.63, 3.8) is 0 Å². The first-order valence-electron chi connectivity index (χ1n) is 11.4. The Labute approximate surface area is 218 Å². The van der Waals surface area contributed by atoms with Crippen molar-refractivity contribution in [2.24, 2.45) is 0 Å². The van der Waals surface area contributed by atoms with E-state index in [0.29, 0.717) is 47.4 Å². The Morgan fingerprint density at radius 3 is 2.54 bits per heavy atom. The van der Waals surface area contributed by atoms with Gasteiger partial charge < -0.3 is 25.4 Å². The number of thiophene rings is 2. The van der Waals surface area contributed by atoms with Crippen LogP contribution in [0.5, 0.6) is 5.75 Å². The maximum absolute atomic E-state index is 13.2. The Morgan fingerprint density at radius 2 is 1.92 bits per heavy atom. The van der Waals surface area contributed by atoms with Crippen LogP contribution in [0.4, 0.5) is 18.9 Å². The largest absolute Gasteiger partial charge is 0.482 e. The maximum atomic E-state index is 13.2. The van der Waals surface area contributed by atoms with Crippen LogP contribution < -0.4 is 15.4 Å². The molecular formula is C24H24F3N3O5S2. The minimum atomic E-state index is -4.62. The van der Waals surface area contributed by atoms with Gasteiger partial charge in [-0.1, -0.05) is 0 Å². The third-order valence-electron chi connectivity index (χ3n) is 5.93. The van der Waals surface area contributed by atoms with Gasteiger partial charge in [0.2, 0.25) is 5.91 Å². The second-order valence-corrected chi connectivity index (χ2v) is 10.4. The smallest absolute Gasteiger partial charge is 0.422 e. The second-order valence-electron chi connectivity index (χ2n) is 8.58. The zero-order chi connectivity index (χ0) is 26.7. The lowest BCUT2D eigenvalue weighted by molar-refractivity contribution is -0.153. The molecule has 0 bridgehead atoms. The van der Waals surface area contributed by atoms with Gasteiger partial charge in [0.1, 0.15) is 11.5 Å². The number of nitrogens with zero attached hydrogens (tertiary/aromatic N) is 1. The van der Waals surface area contributed by atoms with Crippen LogP contribution in [0.15, 0.2) is 29.0 Å². The molecule has 2 aromatic heterocycles. The van der Waals surface area contributed by atoms with E-state index in [1.54, 1.807) is 29.8 Å². The quantitative estimate of drug-likeness (QED) is 0.406. The van der Waals surface area contributed by atoms with Crippen LogP contribution in [0.1, 0.15) is 38.4 Å². The van der Waals surface area contributed by atoms with Gasteiger partial charge in [-0.3, -0.25) is 14.4 Å². The number of hydrogen-bond donors (Lipinski definition) is 3. The van der Waals surface area contributed by atoms with E-state index in [-0.39, 0.29) is 28.0 Å². The molecule has 1 aliphatic heterocycles. The minimum absolute atomic E-state index is 0.00572. The zero-order valence-corrected chi connectivity index (χ0v) is 21.3. The number of nitrogens with one attached hydrogen (secondary N) is 2. The van der Waals surface area contributed by atoms with Crippen LogP contribution in [0.3, 0.4) is 0 Å². The van der Waals surface area contributed by atoms with Crippen LogP contribution in [-0.2, 0) is 4.79 Å². The maximum Gasteiger partial charge on any atom is 0.422 e. The van der Waals surface area contributed by atoms with Gasteiger partial charge in [-0.15, -0.1) is 11.3 Å². The lowest BCUT2D eigenvalue weighted by Crippen LogP contribution is -2.47. The summed E-state index contributed by atoms with van der Waals surface area (Å²) >= 11 is 2.37. The zero-order valence-electron chi connectivity index (χ0n) is 19.7. The monoisotopic (exact) mass is 555 g/mol. The molecule has 0 saturated carbocycles. The third-order valence-corrected chi connectivity index (χ3v) is 7.74. The molecule has 0 atom stereocenters. The summed E-state index contributed by atoms with van der Waals surface area (Å²) in [6.45, 7) is 0.278. The Morgan fingerprint density at radius 1 is 1.19 bits per heavy atom. The number of carbonyl (C=O) groups is 3. The number of benzene rings is 1. The molecular weight excluding hydrogens is 531 g/mol. The highest BCUT2D eigenvalue weighted by molar-refractivity contribution is 7.21. The van der Waals surface area contributed by atoms with E-state index in [1.165, 1.54) is 22.3 Å². The second kappa shape index (κ2) is 11.1. The number of alkyl halides is 3. The van der Waals surface area contributed by atoms with Crippen molar-refractivity contribution in [3.8, 4) is 5.75 Å². The highest BCUT2D eigenvalue weighted by atomic mass is 32.1. The highest BCUT2D eigenvalue weighted by Gasteiger charge is 2.32. The van der Waals surface area contributed by atoms with Crippen molar-refractivity contribution >= 4 is 56.2 Å². The number of carbonyl (C=O) groups excluding carboxylic acids is 3. The summed E-state index contributed by atoms with van der Waals surface area (Å²) in [6.07, 6.45) is -3.73. The Hall–Kier alpha value is -3.16. The van der Waals surface area contributed by atoms with E-state index in [4.69, 9.17) is 9.84 Å². The van der Waals surface area contributed by atoms with Crippen LogP contribution in [-0.4, -0.2) is 66.2 Å². The number of fused-ring (bicyclic) bond motifs is 1. The fraction of sp³-hybridized carbons (Fsp3) is 0.375. The number of aliphatic hydroxyl groups is 1. The third kappa shape index (κ3) is 6.40. The summed E-state index contributed by atoms with van der Waals surface area (Å²) in [4.78, 5) is 38.8. The lowest BCUT2D eigenvalue weighted by Gasteiger charge is -2.32. The predicted octanol–water partition coefficient (Wildman–Crippen LogP) is 4.18. The molecule has 37 heavy (non-hydrogen) atoms. The van der Waals surface area contributed by atoms with Gasteiger partial charge in [0.05, 0.1) is 5.56 Å². The predicted molar refractivity (Wildman–Crippen MR) is 135 cm³/mol. The number of aryl methyl sites for hydroxylation is 1. The number of rotatable bonds is 7. The average molecular weight is 556 g/mol. The van der Waals surface area contributed by atoms with Crippen LogP contribution in [0, 0.1) is 6.92 Å². The summed E-state index contributed by atoms with van der Waals surface area (Å²) in [5, 5.41) is 18.3. The Bertz CT molecular complexity index is 1300. The molecule has 1 aromatic carbocycles. The number of aliphatic hydroxyl groups excluding tert-OH is 1. The molecule has 0 aliphatic carbocycles. The highest BCUT2D eigenvalue weighted by Crippen LogP contribution is 2.41. The molecule has 3 N–H and O–H groups in total. The van der Waals surface area contributed by atoms with Crippen molar-refractivity contribution in [2.45, 2.75) is 32.0 Å². The molecule has 0 unspecified atom stereocenters. The molecule has 198 valence electrons. The first kappa shape index (κ1) is 26.9. The van der Waals surface area contributed by atoms with Crippen molar-refractivity contribution in [2.75, 3.05) is 31.6 Å². The number of halogens is 3. The van der Waals surface area contributed by atoms with Crippen LogP contribution in [0.2, 0.25) is 0 Å². The fourth-order valence-corrected chi connectivity index (χ4v) is 5.78. The van der Waals surface area contributed by atoms with Gasteiger partial charge in [-0.05, 0) is 48.9 Å². The molecule has 0 radical (unpaired) electrons. The molecule has 1 aliphatic rings. The van der Waals surface area contributed by atoms with Gasteiger partial charge >= 0.3 is 6.18 Å². The van der Waals surface area contributed by atoms with Gasteiger partial charge in [0, 0.05) is 40.3 Å². The molecule has 8 nitrogen and oxygen atoms in total. The van der Waals surface area contributed by atoms with E-state index < -0.39 is 31.2 Å². The molecule has 3 heterocycles. The summed E-state index contributed by atoms with van der Waals surface area (Å²) in [7, 11) is 0. The first-order chi connectivity index (χ1) is 17.6. The number of likely N-dealkylation sites (tertiary alicyclic amines) is 1. The van der Waals surface area contributed by atoms with Crippen molar-refractivity contribution < 1.29 is 37.4 Å². The Balaban J connectivity index is 1.60. The van der Waals surface area contributed by atoms with Crippen LogP contribution in [0.25, 0.3) is 10.1 Å². The molecule has 1 fully saturated rings. The first-order valence-corrected chi connectivity index (χ1v) is 13.1. The lowest BCUT2D eigenvalue weighted by atomic mass is 10.0. The van der Waals surface area contributed by atoms with Crippen molar-refractivity contribution in [1.82, 2.24) is 10.2 Å². The Kier molecular flexibility index (Phi) is 8.05. The number of anilines is 1. The van der Waals surface area contributed by atoms with Crippen molar-refractivity contribution in [1.29, 1.82) is 0 Å². The van der Waals surface area contributed by atoms with Gasteiger partial charge in [0.25, 0.3) is 11.8 Å². The average Bonchev–Trinajstić information content (AvgIpc) is 3.51. The summed E-state index contributed by atoms with van der Waals surface area (Å²) in [5.41, 5.74) is 1.52.